The molecule has 0 unspecified atom stereocenters. The van der Waals surface area contributed by atoms with E-state index in [1.807, 2.05) is 0 Å². The van der Waals surface area contributed by atoms with Gasteiger partial charge >= 0.3 is 0 Å². The second-order valence-corrected chi connectivity index (χ2v) is 2.98. The monoisotopic (exact) mass is 196 g/mol. The van der Waals surface area contributed by atoms with Gasteiger partial charge in [-0.05, 0) is 18.2 Å². The molecule has 0 heterocycles. The third kappa shape index (κ3) is 2.83. The van der Waals surface area contributed by atoms with Gasteiger partial charge in [-0.3, -0.25) is 0 Å². The molecule has 0 aromatic heterocycles. The molecular formula is C9H9FN2S. The average Bonchev–Trinajstić information content (AvgIpc) is 2.03. The van der Waals surface area contributed by atoms with Crippen LogP contribution in [0.3, 0.4) is 0 Å². The summed E-state index contributed by atoms with van der Waals surface area (Å²) in [5, 5.41) is 0. The molecule has 68 valence electrons. The summed E-state index contributed by atoms with van der Waals surface area (Å²) in [5.74, 6) is -0.336. The van der Waals surface area contributed by atoms with Crippen molar-refractivity contribution < 1.29 is 4.39 Å². The zero-order chi connectivity index (χ0) is 9.84. The van der Waals surface area contributed by atoms with Gasteiger partial charge in [-0.15, -0.1) is 0 Å². The van der Waals surface area contributed by atoms with E-state index in [9.17, 15) is 4.39 Å². The molecule has 0 fully saturated rings. The maximum atomic E-state index is 12.7. The third-order valence-corrected chi connectivity index (χ3v) is 1.57. The molecule has 13 heavy (non-hydrogen) atoms. The van der Waals surface area contributed by atoms with Crippen molar-refractivity contribution in [1.82, 2.24) is 0 Å². The summed E-state index contributed by atoms with van der Waals surface area (Å²) in [6.07, 6.45) is 1.42. The fourth-order valence-electron chi connectivity index (χ4n) is 0.905. The average molecular weight is 196 g/mol. The molecular weight excluding hydrogens is 187 g/mol. The van der Waals surface area contributed by atoms with E-state index in [1.54, 1.807) is 12.1 Å². The number of hydrogen-bond acceptors (Lipinski definition) is 2. The molecule has 1 rings (SSSR count). The van der Waals surface area contributed by atoms with E-state index in [2.05, 4.69) is 12.2 Å². The van der Waals surface area contributed by atoms with Gasteiger partial charge in [-0.2, -0.15) is 0 Å². The number of rotatable bonds is 2. The highest BCUT2D eigenvalue weighted by molar-refractivity contribution is 7.80. The van der Waals surface area contributed by atoms with Crippen LogP contribution in [0.2, 0.25) is 0 Å². The van der Waals surface area contributed by atoms with Gasteiger partial charge in [0.25, 0.3) is 0 Å². The maximum absolute atomic E-state index is 12.7. The zero-order valence-corrected chi connectivity index (χ0v) is 7.64. The molecule has 1 aromatic carbocycles. The van der Waals surface area contributed by atoms with Gasteiger partial charge in [0, 0.05) is 11.3 Å². The lowest BCUT2D eigenvalue weighted by Gasteiger charge is -2.00. The van der Waals surface area contributed by atoms with E-state index >= 15 is 0 Å². The molecule has 0 amide bonds. The molecule has 0 aliphatic heterocycles. The number of benzene rings is 1. The second kappa shape index (κ2) is 4.00. The molecule has 2 nitrogen and oxygen atoms in total. The minimum Gasteiger partial charge on any atom is -0.398 e. The van der Waals surface area contributed by atoms with Crippen molar-refractivity contribution in [3.8, 4) is 0 Å². The van der Waals surface area contributed by atoms with Crippen LogP contribution in [0, 0.1) is 5.82 Å². The van der Waals surface area contributed by atoms with E-state index in [1.165, 1.54) is 18.2 Å². The normalized spacial score (nSPS) is 11.3. The van der Waals surface area contributed by atoms with Gasteiger partial charge < -0.3 is 11.5 Å². The van der Waals surface area contributed by atoms with Crippen molar-refractivity contribution in [2.24, 2.45) is 11.5 Å². The summed E-state index contributed by atoms with van der Waals surface area (Å²) in [6.45, 7) is 0. The summed E-state index contributed by atoms with van der Waals surface area (Å²) in [7, 11) is 0. The van der Waals surface area contributed by atoms with E-state index in [4.69, 9.17) is 11.5 Å². The fourth-order valence-corrected chi connectivity index (χ4v) is 1.03. The number of thiocarbonyl (C=S) groups is 1. The standard InChI is InChI=1S/C9H9FN2S/c10-7-3-1-2-6(4-7)8(11)5-9(12)13/h1-5H,11H2,(H2,12,13)/b8-5+. The molecule has 0 bridgehead atoms. The first-order chi connectivity index (χ1) is 6.09. The fraction of sp³-hybridized carbons (Fsp3) is 0. The van der Waals surface area contributed by atoms with Crippen LogP contribution in [0.5, 0.6) is 0 Å². The lowest BCUT2D eigenvalue weighted by atomic mass is 10.1. The third-order valence-electron chi connectivity index (χ3n) is 1.46. The smallest absolute Gasteiger partial charge is 0.123 e. The Balaban J connectivity index is 3.02. The van der Waals surface area contributed by atoms with Crippen molar-refractivity contribution in [2.45, 2.75) is 0 Å². The Labute approximate surface area is 81.0 Å². The van der Waals surface area contributed by atoms with Crippen molar-refractivity contribution in [3.05, 3.63) is 41.7 Å². The lowest BCUT2D eigenvalue weighted by molar-refractivity contribution is 0.627. The highest BCUT2D eigenvalue weighted by Gasteiger charge is 1.97. The lowest BCUT2D eigenvalue weighted by Crippen LogP contribution is -2.07. The Hall–Kier alpha value is -1.42. The molecule has 0 saturated heterocycles. The van der Waals surface area contributed by atoms with E-state index in [0.29, 0.717) is 11.3 Å². The van der Waals surface area contributed by atoms with Crippen molar-refractivity contribution in [3.63, 3.8) is 0 Å². The van der Waals surface area contributed by atoms with E-state index in [-0.39, 0.29) is 10.8 Å². The summed E-state index contributed by atoms with van der Waals surface area (Å²) in [5.41, 5.74) is 11.8. The highest BCUT2D eigenvalue weighted by Crippen LogP contribution is 2.09. The molecule has 0 spiro atoms. The number of hydrogen-bond donors (Lipinski definition) is 2. The first-order valence-electron chi connectivity index (χ1n) is 3.62. The Morgan fingerprint density at radius 2 is 2.08 bits per heavy atom. The zero-order valence-electron chi connectivity index (χ0n) is 6.83. The number of nitrogens with two attached hydrogens (primary N) is 2. The SMILES string of the molecule is NC(=S)/C=C(/N)c1cccc(F)c1. The van der Waals surface area contributed by atoms with Gasteiger partial charge in [0.05, 0.1) is 4.99 Å². The van der Waals surface area contributed by atoms with Crippen LogP contribution in [0.1, 0.15) is 5.56 Å². The predicted octanol–water partition coefficient (Wildman–Crippen LogP) is 1.41. The molecule has 4 N–H and O–H groups in total. The van der Waals surface area contributed by atoms with Crippen molar-refractivity contribution >= 4 is 22.9 Å². The van der Waals surface area contributed by atoms with Gasteiger partial charge in [-0.25, -0.2) is 4.39 Å². The predicted molar refractivity (Wildman–Crippen MR) is 55.3 cm³/mol. The van der Waals surface area contributed by atoms with Gasteiger partial charge in [0.15, 0.2) is 0 Å². The molecule has 1 aromatic rings. The first kappa shape index (κ1) is 9.67. The molecule has 0 radical (unpaired) electrons. The van der Waals surface area contributed by atoms with Crippen LogP contribution in [0.15, 0.2) is 30.3 Å². The van der Waals surface area contributed by atoms with Crippen LogP contribution in [0.25, 0.3) is 5.70 Å². The Morgan fingerprint density at radius 1 is 1.38 bits per heavy atom. The second-order valence-electron chi connectivity index (χ2n) is 2.51. The minimum absolute atomic E-state index is 0.182. The largest absolute Gasteiger partial charge is 0.398 e. The van der Waals surface area contributed by atoms with Crippen LogP contribution in [-0.2, 0) is 0 Å². The summed E-state index contributed by atoms with van der Waals surface area (Å²) in [6, 6.07) is 5.93. The first-order valence-corrected chi connectivity index (χ1v) is 4.03. The number of halogens is 1. The van der Waals surface area contributed by atoms with Crippen LogP contribution < -0.4 is 11.5 Å². The Bertz CT molecular complexity index is 360. The quantitative estimate of drug-likeness (QED) is 0.555. The maximum Gasteiger partial charge on any atom is 0.123 e. The topological polar surface area (TPSA) is 52.0 Å². The van der Waals surface area contributed by atoms with Crippen LogP contribution in [0.4, 0.5) is 4.39 Å². The van der Waals surface area contributed by atoms with Crippen LogP contribution >= 0.6 is 12.2 Å². The molecule has 0 saturated carbocycles. The Kier molecular flexibility index (Phi) is 2.97. The van der Waals surface area contributed by atoms with Gasteiger partial charge in [-0.1, -0.05) is 24.4 Å². The van der Waals surface area contributed by atoms with Crippen molar-refractivity contribution in [2.75, 3.05) is 0 Å². The summed E-state index contributed by atoms with van der Waals surface area (Å²) < 4.78 is 12.7. The van der Waals surface area contributed by atoms with Gasteiger partial charge in [0.2, 0.25) is 0 Å². The van der Waals surface area contributed by atoms with Crippen molar-refractivity contribution in [1.29, 1.82) is 0 Å². The highest BCUT2D eigenvalue weighted by atomic mass is 32.1. The minimum atomic E-state index is -0.336. The Morgan fingerprint density at radius 3 is 2.62 bits per heavy atom. The molecule has 0 aliphatic carbocycles. The van der Waals surface area contributed by atoms with Crippen LogP contribution in [-0.4, -0.2) is 4.99 Å². The van der Waals surface area contributed by atoms with E-state index in [0.717, 1.165) is 0 Å². The summed E-state index contributed by atoms with van der Waals surface area (Å²) >= 11 is 4.63. The summed E-state index contributed by atoms with van der Waals surface area (Å²) in [4.78, 5) is 0.182. The molecule has 4 heteroatoms. The molecule has 0 aliphatic rings. The molecule has 0 atom stereocenters. The van der Waals surface area contributed by atoms with Gasteiger partial charge in [0.1, 0.15) is 5.82 Å². The van der Waals surface area contributed by atoms with E-state index < -0.39 is 0 Å².